The molecule has 0 aromatic heterocycles. The van der Waals surface area contributed by atoms with Crippen LogP contribution in [0, 0.1) is 64.0 Å². The Labute approximate surface area is 571 Å². The second-order valence-corrected chi connectivity index (χ2v) is 24.2. The van der Waals surface area contributed by atoms with E-state index in [1.165, 1.54) is 66.5 Å². The Morgan fingerprint density at radius 3 is 0.622 bits per heavy atom. The number of hydrogen-bond donors (Lipinski definition) is 0. The summed E-state index contributed by atoms with van der Waals surface area (Å²) in [6.07, 6.45) is 11.4. The van der Waals surface area contributed by atoms with Crippen molar-refractivity contribution in [1.29, 1.82) is 0 Å². The first-order valence-corrected chi connectivity index (χ1v) is 33.1. The van der Waals surface area contributed by atoms with Gasteiger partial charge in [0.2, 0.25) is 0 Å². The minimum Gasteiger partial charge on any atom is -0.205 e. The van der Waals surface area contributed by atoms with E-state index in [4.69, 9.17) is 11.6 Å². The Kier molecular flexibility index (Phi) is 25.8. The lowest BCUT2D eigenvalue weighted by Crippen LogP contribution is -1.91. The number of benzene rings is 12. The predicted molar refractivity (Wildman–Crippen MR) is 379 cm³/mol. The molecule has 0 bridgehead atoms. The fourth-order valence-corrected chi connectivity index (χ4v) is 11.2. The van der Waals surface area contributed by atoms with Crippen molar-refractivity contribution in [2.45, 2.75) is 91.9 Å². The second-order valence-electron chi connectivity index (χ2n) is 23.8. The van der Waals surface area contributed by atoms with Gasteiger partial charge in [-0.25, -0.2) is 48.3 Å². The largest absolute Gasteiger partial charge is 0.205 e. The van der Waals surface area contributed by atoms with E-state index in [-0.39, 0.29) is 0 Å². The van der Waals surface area contributed by atoms with Crippen LogP contribution in [0.3, 0.4) is 0 Å². The van der Waals surface area contributed by atoms with Gasteiger partial charge >= 0.3 is 0 Å². The third-order valence-corrected chi connectivity index (χ3v) is 17.2. The van der Waals surface area contributed by atoms with Crippen LogP contribution >= 0.6 is 11.6 Å². The van der Waals surface area contributed by atoms with Crippen molar-refractivity contribution in [2.75, 3.05) is 0 Å². The van der Waals surface area contributed by atoms with E-state index in [0.717, 1.165) is 119 Å². The molecule has 0 amide bonds. The highest BCUT2D eigenvalue weighted by Crippen LogP contribution is 2.34. The van der Waals surface area contributed by atoms with Gasteiger partial charge in [-0.15, -0.1) is 0 Å². The monoisotopic (exact) mass is 1350 g/mol. The fourth-order valence-electron chi connectivity index (χ4n) is 11.1. The molecule has 98 heavy (non-hydrogen) atoms. The maximum absolute atomic E-state index is 13.6. The highest BCUT2D eigenvalue weighted by atomic mass is 35.5. The van der Waals surface area contributed by atoms with Crippen LogP contribution < -0.4 is 0 Å². The van der Waals surface area contributed by atoms with Crippen LogP contribution in [0.1, 0.15) is 88.5 Å². The molecule has 0 saturated carbocycles. The molecule has 0 saturated heterocycles. The highest BCUT2D eigenvalue weighted by molar-refractivity contribution is 6.31. The van der Waals surface area contributed by atoms with Gasteiger partial charge in [0.1, 0.15) is 16.7 Å². The highest BCUT2D eigenvalue weighted by Gasteiger charge is 2.16. The Hall–Kier alpha value is -9.84. The summed E-state index contributed by atoms with van der Waals surface area (Å²) >= 11 is 5.52. The van der Waals surface area contributed by atoms with Crippen LogP contribution in [-0.4, -0.2) is 0 Å². The Bertz CT molecular complexity index is 4460. The normalized spacial score (nSPS) is 10.9. The van der Waals surface area contributed by atoms with Gasteiger partial charge in [0.05, 0.1) is 0 Å². The first-order chi connectivity index (χ1) is 47.3. The molecule has 12 heteroatoms. The van der Waals surface area contributed by atoms with Gasteiger partial charge in [-0.1, -0.05) is 259 Å². The molecule has 0 nitrogen and oxygen atoms in total. The molecule has 0 fully saturated rings. The number of rotatable bonds is 18. The predicted octanol–water partition coefficient (Wildman–Crippen LogP) is 26.9. The van der Waals surface area contributed by atoms with E-state index >= 15 is 0 Å². The van der Waals surface area contributed by atoms with E-state index in [1.807, 2.05) is 60.7 Å². The van der Waals surface area contributed by atoms with Gasteiger partial charge in [0.15, 0.2) is 52.4 Å². The third-order valence-electron chi connectivity index (χ3n) is 16.8. The van der Waals surface area contributed by atoms with E-state index in [2.05, 4.69) is 125 Å². The molecule has 500 valence electrons. The van der Waals surface area contributed by atoms with Crippen molar-refractivity contribution in [3.63, 3.8) is 0 Å². The third kappa shape index (κ3) is 19.3. The van der Waals surface area contributed by atoms with Crippen molar-refractivity contribution in [3.05, 3.63) is 334 Å². The average Bonchev–Trinajstić information content (AvgIpc) is 0.853. The molecule has 0 unspecified atom stereocenters. The van der Waals surface area contributed by atoms with Crippen molar-refractivity contribution in [2.24, 2.45) is 0 Å². The van der Waals surface area contributed by atoms with Gasteiger partial charge < -0.3 is 0 Å². The smallest absolute Gasteiger partial charge is 0.194 e. The minimum absolute atomic E-state index is 0.316. The Morgan fingerprint density at radius 1 is 0.204 bits per heavy atom. The molecule has 0 aliphatic carbocycles. The zero-order valence-corrected chi connectivity index (χ0v) is 55.5. The lowest BCUT2D eigenvalue weighted by Gasteiger charge is -2.07. The van der Waals surface area contributed by atoms with Crippen LogP contribution in [-0.2, 0) is 25.7 Å². The van der Waals surface area contributed by atoms with Crippen molar-refractivity contribution in [1.82, 2.24) is 0 Å². The summed E-state index contributed by atoms with van der Waals surface area (Å²) in [5, 5.41) is -0.471. The van der Waals surface area contributed by atoms with Gasteiger partial charge in [-0.05, 0) is 198 Å². The number of halogens is 12. The number of hydrogen-bond acceptors (Lipinski definition) is 0. The summed E-state index contributed by atoms with van der Waals surface area (Å²) in [5.41, 5.74) is 17.8. The fraction of sp³-hybridized carbons (Fsp3) is 0.163. The van der Waals surface area contributed by atoms with E-state index in [1.54, 1.807) is 36.4 Å². The van der Waals surface area contributed by atoms with Crippen LogP contribution in [0.15, 0.2) is 243 Å². The molecule has 12 aromatic carbocycles. The molecule has 0 N–H and O–H groups in total. The van der Waals surface area contributed by atoms with Crippen molar-refractivity contribution < 1.29 is 48.3 Å². The molecule has 12 rings (SSSR count). The van der Waals surface area contributed by atoms with E-state index in [0.29, 0.717) is 38.9 Å². The summed E-state index contributed by atoms with van der Waals surface area (Å²) in [4.78, 5) is 0. The maximum atomic E-state index is 13.6. The zero-order chi connectivity index (χ0) is 69.8. The lowest BCUT2D eigenvalue weighted by atomic mass is 9.98. The molecule has 0 spiro atoms. The molecule has 12 aromatic rings. The van der Waals surface area contributed by atoms with Crippen molar-refractivity contribution in [3.8, 4) is 89.0 Å². The zero-order valence-electron chi connectivity index (χ0n) is 54.7. The van der Waals surface area contributed by atoms with E-state index in [9.17, 15) is 48.3 Å². The average molecular weight is 1350 g/mol. The number of unbranched alkanes of at least 4 members (excludes halogenated alkanes) is 3. The first kappa shape index (κ1) is 72.4. The molecular weight excluding hydrogens is 1280 g/mol. The second kappa shape index (κ2) is 34.9. The Balaban J connectivity index is 0.000000153. The van der Waals surface area contributed by atoms with E-state index < -0.39 is 69.0 Å². The maximum Gasteiger partial charge on any atom is 0.194 e. The molecule has 0 aliphatic rings. The van der Waals surface area contributed by atoms with Gasteiger partial charge in [0, 0.05) is 0 Å². The summed E-state index contributed by atoms with van der Waals surface area (Å²) in [6, 6.07) is 71.8. The van der Waals surface area contributed by atoms with Gasteiger partial charge in [-0.2, -0.15) is 0 Å². The summed E-state index contributed by atoms with van der Waals surface area (Å²) in [6.45, 7) is 8.64. The standard InChI is InChI=1S/C23H21F3.C22H19F3.C21H17F3.C20H15ClF2/c1-2-3-4-5-16-6-8-17(9-7-16)18-10-12-19(13-11-18)20-14-21(24)23(26)22(25)15-20;1-2-3-4-15-5-7-16(8-6-15)17-9-11-18(12-10-17)19-13-20(23)22(25)21(24)14-19;1-2-3-14-4-6-15(7-5-14)16-8-10-17(11-9-16)18-12-19(22)21(24)20(23)13-18;1-2-13-3-5-14(6-4-13)15-7-9-16(10-8-15)17-11-18(22)20(21)19(23)12-17/h6-15H,2-5H2,1H3;5-14H,2-4H2,1H3;4-13H,2-3H2,1H3;3-12H,2H2,1H3. The molecule has 0 radical (unpaired) electrons. The summed E-state index contributed by atoms with van der Waals surface area (Å²) in [5.74, 6) is -12.9. The number of aryl methyl sites for hydroxylation is 4. The summed E-state index contributed by atoms with van der Waals surface area (Å²) in [7, 11) is 0. The quantitative estimate of drug-likeness (QED) is 0.0456. The molecule has 0 aliphatic heterocycles. The van der Waals surface area contributed by atoms with Crippen LogP contribution in [0.2, 0.25) is 5.02 Å². The first-order valence-electron chi connectivity index (χ1n) is 32.7. The molecule has 0 atom stereocenters. The molecular formula is C86H72ClF11. The topological polar surface area (TPSA) is 0 Å². The van der Waals surface area contributed by atoms with Crippen LogP contribution in [0.25, 0.3) is 89.0 Å². The molecule has 0 heterocycles. The van der Waals surface area contributed by atoms with Crippen molar-refractivity contribution >= 4 is 11.6 Å². The summed E-state index contributed by atoms with van der Waals surface area (Å²) < 4.78 is 147. The lowest BCUT2D eigenvalue weighted by molar-refractivity contribution is 0.447. The van der Waals surface area contributed by atoms with Crippen LogP contribution in [0.5, 0.6) is 0 Å². The SMILES string of the molecule is CCCCCc1ccc(-c2ccc(-c3cc(F)c(F)c(F)c3)cc2)cc1.CCCCc1ccc(-c2ccc(-c3cc(F)c(F)c(F)c3)cc2)cc1.CCCc1ccc(-c2ccc(-c3cc(F)c(F)c(F)c3)cc2)cc1.CCc1ccc(-c2ccc(-c3cc(F)c(Cl)c(F)c3)cc2)cc1. The Morgan fingerprint density at radius 2 is 0.398 bits per heavy atom. The van der Waals surface area contributed by atoms with Gasteiger partial charge in [0.25, 0.3) is 0 Å². The van der Waals surface area contributed by atoms with Crippen LogP contribution in [0.4, 0.5) is 48.3 Å². The minimum atomic E-state index is -1.44. The van der Waals surface area contributed by atoms with Gasteiger partial charge in [-0.3, -0.25) is 0 Å².